The molecule has 7 heteroatoms. The normalized spacial score (nSPS) is 44.7. The molecule has 0 aromatic carbocycles. The molecule has 1 amide bonds. The lowest BCUT2D eigenvalue weighted by Crippen LogP contribution is -2.55. The van der Waals surface area contributed by atoms with Crippen molar-refractivity contribution < 1.29 is 14.7 Å². The van der Waals surface area contributed by atoms with Gasteiger partial charge in [0, 0.05) is 19.0 Å². The highest BCUT2D eigenvalue weighted by Crippen LogP contribution is 2.68. The van der Waals surface area contributed by atoms with Gasteiger partial charge in [0.1, 0.15) is 6.54 Å². The molecule has 0 unspecified atom stereocenters. The van der Waals surface area contributed by atoms with E-state index < -0.39 is 5.60 Å². The zero-order chi connectivity index (χ0) is 24.6. The summed E-state index contributed by atoms with van der Waals surface area (Å²) < 4.78 is 0. The van der Waals surface area contributed by atoms with Gasteiger partial charge in [0.05, 0.1) is 11.8 Å². The van der Waals surface area contributed by atoms with Gasteiger partial charge in [-0.1, -0.05) is 13.8 Å². The van der Waals surface area contributed by atoms with Gasteiger partial charge in [-0.3, -0.25) is 9.59 Å². The van der Waals surface area contributed by atoms with Crippen LogP contribution in [-0.4, -0.2) is 55.4 Å². The van der Waals surface area contributed by atoms with Gasteiger partial charge in [-0.25, -0.2) is 0 Å². The van der Waals surface area contributed by atoms with E-state index >= 15 is 0 Å². The van der Waals surface area contributed by atoms with Gasteiger partial charge in [-0.05, 0) is 106 Å². The minimum absolute atomic E-state index is 0.0606. The molecule has 192 valence electrons. The lowest BCUT2D eigenvalue weighted by molar-refractivity contribution is -0.151. The van der Waals surface area contributed by atoms with Crippen molar-refractivity contribution in [1.82, 2.24) is 19.9 Å². The van der Waals surface area contributed by atoms with Crippen molar-refractivity contribution in [1.29, 1.82) is 0 Å². The molecule has 1 N–H and O–H groups in total. The van der Waals surface area contributed by atoms with Gasteiger partial charge < -0.3 is 10.0 Å². The van der Waals surface area contributed by atoms with Gasteiger partial charge >= 0.3 is 0 Å². The highest BCUT2D eigenvalue weighted by molar-refractivity contribution is 5.92. The van der Waals surface area contributed by atoms with Crippen molar-refractivity contribution in [3.05, 3.63) is 11.9 Å². The molecule has 5 fully saturated rings. The minimum atomic E-state index is -0.495. The number of Topliss-reactive ketones (excluding diaryl/α,β-unsaturated/α-hetero) is 1. The van der Waals surface area contributed by atoms with Crippen LogP contribution in [0.25, 0.3) is 0 Å². The van der Waals surface area contributed by atoms with Crippen LogP contribution in [0.4, 0.5) is 0 Å². The molecule has 6 rings (SSSR count). The number of ketones is 1. The summed E-state index contributed by atoms with van der Waals surface area (Å²) in [6.45, 7) is 8.68. The Balaban J connectivity index is 1.15. The number of nitrogens with zero attached hydrogens (tertiary/aromatic N) is 4. The predicted octanol–water partition coefficient (Wildman–Crippen LogP) is 4.10. The molecule has 2 heterocycles. The summed E-state index contributed by atoms with van der Waals surface area (Å²) in [4.78, 5) is 29.2. The zero-order valence-electron chi connectivity index (χ0n) is 21.7. The zero-order valence-corrected chi connectivity index (χ0v) is 21.7. The quantitative estimate of drug-likeness (QED) is 0.698. The van der Waals surface area contributed by atoms with Crippen LogP contribution in [0.1, 0.15) is 95.5 Å². The molecule has 0 bridgehead atoms. The smallest absolute Gasteiger partial charge is 0.276 e. The molecule has 4 saturated carbocycles. The average molecular weight is 483 g/mol. The van der Waals surface area contributed by atoms with Crippen molar-refractivity contribution in [2.24, 2.45) is 40.4 Å². The van der Waals surface area contributed by atoms with Gasteiger partial charge in [0.2, 0.25) is 0 Å². The molecular weight excluding hydrogens is 440 g/mol. The first-order valence-electron chi connectivity index (χ1n) is 14.1. The SMILES string of the molecule is C[C@@]1(O)CC[C@@]2(C)[C@H](CC[C@@H]3[C@@H]2CC[C@]2(C)[C@@H](C(=O)Cn4ncc(C(=O)N5CCC5)n4)CC[C@@H]32)C1. The van der Waals surface area contributed by atoms with Crippen LogP contribution in [0.15, 0.2) is 6.20 Å². The lowest BCUT2D eigenvalue weighted by atomic mass is 9.44. The van der Waals surface area contributed by atoms with Crippen molar-refractivity contribution in [3.8, 4) is 0 Å². The Kier molecular flexibility index (Phi) is 5.48. The maximum absolute atomic E-state index is 13.6. The Morgan fingerprint density at radius 2 is 1.77 bits per heavy atom. The number of amides is 1. The first-order valence-corrected chi connectivity index (χ1v) is 14.1. The minimum Gasteiger partial charge on any atom is -0.390 e. The molecule has 0 radical (unpaired) electrons. The molecule has 1 aliphatic heterocycles. The number of rotatable bonds is 4. The summed E-state index contributed by atoms with van der Waals surface area (Å²) in [5.41, 5.74) is 0.258. The summed E-state index contributed by atoms with van der Waals surface area (Å²) in [6, 6.07) is 0. The number of hydrogen-bond acceptors (Lipinski definition) is 5. The van der Waals surface area contributed by atoms with Crippen LogP contribution in [0.3, 0.4) is 0 Å². The highest BCUT2D eigenvalue weighted by Gasteiger charge is 2.61. The van der Waals surface area contributed by atoms with Crippen molar-refractivity contribution >= 4 is 11.7 Å². The molecule has 0 spiro atoms. The average Bonchev–Trinajstić information content (AvgIpc) is 3.37. The molecule has 8 atom stereocenters. The second-order valence-electron chi connectivity index (χ2n) is 13.4. The van der Waals surface area contributed by atoms with E-state index in [1.54, 1.807) is 4.90 Å². The highest BCUT2D eigenvalue weighted by atomic mass is 16.3. The second-order valence-corrected chi connectivity index (χ2v) is 13.4. The van der Waals surface area contributed by atoms with E-state index in [1.165, 1.54) is 30.3 Å². The largest absolute Gasteiger partial charge is 0.390 e. The van der Waals surface area contributed by atoms with E-state index in [-0.39, 0.29) is 29.6 Å². The Morgan fingerprint density at radius 1 is 1.00 bits per heavy atom. The molecule has 1 aromatic rings. The fourth-order valence-electron chi connectivity index (χ4n) is 9.36. The van der Waals surface area contributed by atoms with Crippen molar-refractivity contribution in [3.63, 3.8) is 0 Å². The van der Waals surface area contributed by atoms with E-state index in [9.17, 15) is 14.7 Å². The monoisotopic (exact) mass is 482 g/mol. The van der Waals surface area contributed by atoms with Crippen LogP contribution in [0.2, 0.25) is 0 Å². The summed E-state index contributed by atoms with van der Waals surface area (Å²) in [6.07, 6.45) is 12.5. The van der Waals surface area contributed by atoms with Crippen LogP contribution >= 0.6 is 0 Å². The Bertz CT molecular complexity index is 1020. The Labute approximate surface area is 209 Å². The van der Waals surface area contributed by atoms with Crippen LogP contribution in [0.5, 0.6) is 0 Å². The van der Waals surface area contributed by atoms with E-state index in [0.717, 1.165) is 64.0 Å². The van der Waals surface area contributed by atoms with Crippen LogP contribution in [0, 0.1) is 40.4 Å². The number of hydrogen-bond donors (Lipinski definition) is 1. The number of aliphatic hydroxyl groups is 1. The van der Waals surface area contributed by atoms with Crippen LogP contribution in [-0.2, 0) is 11.3 Å². The van der Waals surface area contributed by atoms with E-state index in [4.69, 9.17) is 0 Å². The molecule has 1 saturated heterocycles. The summed E-state index contributed by atoms with van der Waals surface area (Å²) >= 11 is 0. The number of fused-ring (bicyclic) bond motifs is 5. The van der Waals surface area contributed by atoms with Crippen molar-refractivity contribution in [2.75, 3.05) is 13.1 Å². The lowest BCUT2D eigenvalue weighted by Gasteiger charge is -2.61. The third-order valence-corrected chi connectivity index (χ3v) is 11.5. The standard InChI is InChI=1S/C28H42N4O3/c1-26(35)11-12-27(2)18(15-26)5-6-19-20-7-8-22(28(20,3)10-9-21(19)27)24(33)17-32-29-16-23(30-32)25(34)31-13-4-14-31/h16,18-22,35H,4-15,17H2,1-3H3/t18-,19+,20+,21+,22-,26-,27+,28+/m1/s1. The van der Waals surface area contributed by atoms with Gasteiger partial charge in [-0.2, -0.15) is 9.90 Å². The maximum atomic E-state index is 13.6. The number of likely N-dealkylation sites (tertiary alicyclic amines) is 1. The third-order valence-electron chi connectivity index (χ3n) is 11.5. The van der Waals surface area contributed by atoms with Gasteiger partial charge in [-0.15, -0.1) is 5.10 Å². The van der Waals surface area contributed by atoms with Gasteiger partial charge in [0.25, 0.3) is 5.91 Å². The van der Waals surface area contributed by atoms with E-state index in [1.807, 2.05) is 6.92 Å². The van der Waals surface area contributed by atoms with Crippen molar-refractivity contribution in [2.45, 2.75) is 97.1 Å². The molecule has 5 aliphatic rings. The fraction of sp³-hybridized carbons (Fsp3) is 0.857. The predicted molar refractivity (Wildman–Crippen MR) is 131 cm³/mol. The molecule has 35 heavy (non-hydrogen) atoms. The maximum Gasteiger partial charge on any atom is 0.276 e. The number of carbonyl (C=O) groups excluding carboxylic acids is 2. The molecule has 1 aromatic heterocycles. The summed E-state index contributed by atoms with van der Waals surface area (Å²) in [5, 5.41) is 19.4. The topological polar surface area (TPSA) is 88.3 Å². The Hall–Kier alpha value is -1.76. The molecular formula is C28H42N4O3. The summed E-state index contributed by atoms with van der Waals surface area (Å²) in [7, 11) is 0. The number of carbonyl (C=O) groups is 2. The summed E-state index contributed by atoms with van der Waals surface area (Å²) in [5.74, 6) is 2.91. The fourth-order valence-corrected chi connectivity index (χ4v) is 9.36. The first kappa shape index (κ1) is 23.6. The van der Waals surface area contributed by atoms with E-state index in [0.29, 0.717) is 28.9 Å². The second kappa shape index (κ2) is 8.12. The Morgan fingerprint density at radius 3 is 2.51 bits per heavy atom. The first-order chi connectivity index (χ1) is 16.6. The number of aromatic nitrogens is 3. The van der Waals surface area contributed by atoms with Gasteiger partial charge in [0.15, 0.2) is 11.5 Å². The van der Waals surface area contributed by atoms with Crippen LogP contribution < -0.4 is 0 Å². The molecule has 4 aliphatic carbocycles. The van der Waals surface area contributed by atoms with E-state index in [2.05, 4.69) is 24.0 Å². The molecule has 7 nitrogen and oxygen atoms in total. The third kappa shape index (κ3) is 3.70.